The molecule has 1 aromatic carbocycles. The van der Waals surface area contributed by atoms with E-state index in [0.717, 1.165) is 19.4 Å². The molecule has 0 saturated heterocycles. The van der Waals surface area contributed by atoms with Crippen molar-refractivity contribution in [3.63, 3.8) is 0 Å². The van der Waals surface area contributed by atoms with Gasteiger partial charge in [-0.15, -0.1) is 0 Å². The summed E-state index contributed by atoms with van der Waals surface area (Å²) >= 11 is 0. The van der Waals surface area contributed by atoms with Crippen LogP contribution >= 0.6 is 0 Å². The second-order valence-electron chi connectivity index (χ2n) is 3.92. The summed E-state index contributed by atoms with van der Waals surface area (Å²) in [6.07, 6.45) is 1.95. The van der Waals surface area contributed by atoms with Gasteiger partial charge in [0.1, 0.15) is 0 Å². The van der Waals surface area contributed by atoms with Crippen molar-refractivity contribution in [2.24, 2.45) is 0 Å². The molecule has 2 nitrogen and oxygen atoms in total. The summed E-state index contributed by atoms with van der Waals surface area (Å²) in [7, 11) is 2.12. The van der Waals surface area contributed by atoms with Crippen LogP contribution in [-0.2, 0) is 0 Å². The van der Waals surface area contributed by atoms with Gasteiger partial charge in [-0.05, 0) is 32.0 Å². The Morgan fingerprint density at radius 2 is 1.93 bits per heavy atom. The molecule has 1 rings (SSSR count). The summed E-state index contributed by atoms with van der Waals surface area (Å²) in [6, 6.07) is 10.7. The van der Waals surface area contributed by atoms with Crippen LogP contribution in [0.4, 0.5) is 0 Å². The molecule has 0 aliphatic rings. The van der Waals surface area contributed by atoms with Gasteiger partial charge in [0.25, 0.3) is 0 Å². The van der Waals surface area contributed by atoms with Crippen molar-refractivity contribution < 1.29 is 5.11 Å². The lowest BCUT2D eigenvalue weighted by Crippen LogP contribution is -2.26. The van der Waals surface area contributed by atoms with Crippen molar-refractivity contribution in [2.45, 2.75) is 25.8 Å². The maximum absolute atomic E-state index is 9.09. The largest absolute Gasteiger partial charge is 0.396 e. The lowest BCUT2D eigenvalue weighted by molar-refractivity contribution is 0.186. The van der Waals surface area contributed by atoms with E-state index in [9.17, 15) is 0 Å². The third kappa shape index (κ3) is 3.65. The van der Waals surface area contributed by atoms with Gasteiger partial charge < -0.3 is 5.11 Å². The third-order valence-electron chi connectivity index (χ3n) is 2.70. The molecule has 0 aromatic heterocycles. The first kappa shape index (κ1) is 12.2. The first-order chi connectivity index (χ1) is 7.29. The highest BCUT2D eigenvalue weighted by Gasteiger charge is 2.14. The minimum Gasteiger partial charge on any atom is -0.396 e. The van der Waals surface area contributed by atoms with Gasteiger partial charge in [0.15, 0.2) is 0 Å². The van der Waals surface area contributed by atoms with E-state index < -0.39 is 0 Å². The van der Waals surface area contributed by atoms with E-state index in [1.165, 1.54) is 5.56 Å². The summed E-state index contributed by atoms with van der Waals surface area (Å²) in [4.78, 5) is 2.31. The van der Waals surface area contributed by atoms with E-state index in [4.69, 9.17) is 5.11 Å². The van der Waals surface area contributed by atoms with Crippen LogP contribution in [0, 0.1) is 0 Å². The highest BCUT2D eigenvalue weighted by atomic mass is 16.3. The zero-order valence-electron chi connectivity index (χ0n) is 9.69. The van der Waals surface area contributed by atoms with Gasteiger partial charge in [0, 0.05) is 12.6 Å². The molecule has 0 spiro atoms. The molecule has 0 bridgehead atoms. The summed E-state index contributed by atoms with van der Waals surface area (Å²) in [5, 5.41) is 9.09. The maximum atomic E-state index is 9.09. The Kier molecular flexibility index (Phi) is 5.37. The Morgan fingerprint density at radius 1 is 1.27 bits per heavy atom. The van der Waals surface area contributed by atoms with Gasteiger partial charge in [0.05, 0.1) is 0 Å². The second-order valence-corrected chi connectivity index (χ2v) is 3.92. The minimum absolute atomic E-state index is 0.244. The smallest absolute Gasteiger partial charge is 0.0449 e. The van der Waals surface area contributed by atoms with Crippen LogP contribution in [0.3, 0.4) is 0 Å². The highest BCUT2D eigenvalue weighted by Crippen LogP contribution is 2.22. The van der Waals surface area contributed by atoms with Crippen molar-refractivity contribution in [3.05, 3.63) is 35.9 Å². The van der Waals surface area contributed by atoms with Gasteiger partial charge >= 0.3 is 0 Å². The summed E-state index contributed by atoms with van der Waals surface area (Å²) < 4.78 is 0. The first-order valence-corrected chi connectivity index (χ1v) is 5.65. The standard InChI is InChI=1S/C13H21NO/c1-3-10-14(2)13(9-11-15)12-7-5-4-6-8-12/h4-8,13,15H,3,9-11H2,1-2H3. The van der Waals surface area contributed by atoms with E-state index in [2.05, 4.69) is 43.1 Å². The molecule has 1 aromatic rings. The number of hydrogen-bond acceptors (Lipinski definition) is 2. The molecule has 84 valence electrons. The molecule has 0 aliphatic carbocycles. The molecule has 0 fully saturated rings. The zero-order chi connectivity index (χ0) is 11.1. The Hall–Kier alpha value is -0.860. The van der Waals surface area contributed by atoms with Crippen LogP contribution in [0.2, 0.25) is 0 Å². The van der Waals surface area contributed by atoms with Crippen molar-refractivity contribution >= 4 is 0 Å². The molecule has 1 atom stereocenters. The molecular formula is C13H21NO. The fraction of sp³-hybridized carbons (Fsp3) is 0.538. The average Bonchev–Trinajstić information content (AvgIpc) is 2.27. The number of aliphatic hydroxyl groups excluding tert-OH is 1. The number of hydrogen-bond donors (Lipinski definition) is 1. The second kappa shape index (κ2) is 6.59. The van der Waals surface area contributed by atoms with E-state index in [1.54, 1.807) is 0 Å². The van der Waals surface area contributed by atoms with Crippen molar-refractivity contribution in [3.8, 4) is 0 Å². The Balaban J connectivity index is 2.73. The molecule has 0 saturated carbocycles. The zero-order valence-corrected chi connectivity index (χ0v) is 9.69. The van der Waals surface area contributed by atoms with Gasteiger partial charge in [-0.2, -0.15) is 0 Å². The predicted molar refractivity (Wildman–Crippen MR) is 63.8 cm³/mol. The van der Waals surface area contributed by atoms with E-state index in [1.807, 2.05) is 6.07 Å². The van der Waals surface area contributed by atoms with Gasteiger partial charge in [-0.25, -0.2) is 0 Å². The molecule has 15 heavy (non-hydrogen) atoms. The van der Waals surface area contributed by atoms with Crippen LogP contribution in [0.25, 0.3) is 0 Å². The Labute approximate surface area is 92.5 Å². The molecule has 0 heterocycles. The lowest BCUT2D eigenvalue weighted by atomic mass is 10.0. The predicted octanol–water partition coefficient (Wildman–Crippen LogP) is 2.45. The van der Waals surface area contributed by atoms with E-state index in [-0.39, 0.29) is 6.61 Å². The Bertz CT molecular complexity index is 260. The Morgan fingerprint density at radius 3 is 2.47 bits per heavy atom. The molecule has 0 aliphatic heterocycles. The molecule has 0 radical (unpaired) electrons. The summed E-state index contributed by atoms with van der Waals surface area (Å²) in [5.74, 6) is 0. The molecule has 0 amide bonds. The molecular weight excluding hydrogens is 186 g/mol. The third-order valence-corrected chi connectivity index (χ3v) is 2.70. The number of rotatable bonds is 6. The van der Waals surface area contributed by atoms with Gasteiger partial charge in [0.2, 0.25) is 0 Å². The monoisotopic (exact) mass is 207 g/mol. The fourth-order valence-electron chi connectivity index (χ4n) is 1.95. The number of benzene rings is 1. The van der Waals surface area contributed by atoms with E-state index in [0.29, 0.717) is 6.04 Å². The minimum atomic E-state index is 0.244. The maximum Gasteiger partial charge on any atom is 0.0449 e. The molecule has 1 unspecified atom stereocenters. The van der Waals surface area contributed by atoms with Crippen molar-refractivity contribution in [1.29, 1.82) is 0 Å². The lowest BCUT2D eigenvalue weighted by Gasteiger charge is -2.27. The van der Waals surface area contributed by atoms with Crippen molar-refractivity contribution in [2.75, 3.05) is 20.2 Å². The molecule has 2 heteroatoms. The SMILES string of the molecule is CCCN(C)C(CCO)c1ccccc1. The average molecular weight is 207 g/mol. The van der Waals surface area contributed by atoms with Crippen LogP contribution < -0.4 is 0 Å². The van der Waals surface area contributed by atoms with Crippen LogP contribution in [-0.4, -0.2) is 30.2 Å². The van der Waals surface area contributed by atoms with Gasteiger partial charge in [-0.3, -0.25) is 4.90 Å². The first-order valence-electron chi connectivity index (χ1n) is 5.65. The van der Waals surface area contributed by atoms with Crippen LogP contribution in [0.15, 0.2) is 30.3 Å². The topological polar surface area (TPSA) is 23.5 Å². The number of nitrogens with zero attached hydrogens (tertiary/aromatic N) is 1. The van der Waals surface area contributed by atoms with Crippen molar-refractivity contribution in [1.82, 2.24) is 4.90 Å². The summed E-state index contributed by atoms with van der Waals surface area (Å²) in [5.41, 5.74) is 1.29. The van der Waals surface area contributed by atoms with Gasteiger partial charge in [-0.1, -0.05) is 37.3 Å². The quantitative estimate of drug-likeness (QED) is 0.774. The summed E-state index contributed by atoms with van der Waals surface area (Å²) in [6.45, 7) is 3.49. The molecule has 1 N–H and O–H groups in total. The van der Waals surface area contributed by atoms with Crippen LogP contribution in [0.5, 0.6) is 0 Å². The van der Waals surface area contributed by atoms with E-state index >= 15 is 0 Å². The normalized spacial score (nSPS) is 13.1. The fourth-order valence-corrected chi connectivity index (χ4v) is 1.95. The van der Waals surface area contributed by atoms with Crippen LogP contribution in [0.1, 0.15) is 31.4 Å². The number of aliphatic hydroxyl groups is 1. The highest BCUT2D eigenvalue weighted by molar-refractivity contribution is 5.18.